The van der Waals surface area contributed by atoms with Gasteiger partial charge in [0.2, 0.25) is 0 Å². The van der Waals surface area contributed by atoms with E-state index in [-0.39, 0.29) is 0 Å². The molecule has 0 aliphatic heterocycles. The van der Waals surface area contributed by atoms with Crippen LogP contribution in [0.2, 0.25) is 0 Å². The van der Waals surface area contributed by atoms with Crippen LogP contribution in [0.25, 0.3) is 53.6 Å². The van der Waals surface area contributed by atoms with Crippen molar-refractivity contribution in [3.63, 3.8) is 0 Å². The second-order valence-corrected chi connectivity index (χ2v) is 11.0. The average Bonchev–Trinajstić information content (AvgIpc) is 3.42. The molecule has 0 fully saturated rings. The van der Waals surface area contributed by atoms with Crippen molar-refractivity contribution in [1.29, 1.82) is 0 Å². The summed E-state index contributed by atoms with van der Waals surface area (Å²) in [5.74, 6) is 0. The molecule has 0 nitrogen and oxygen atoms in total. The van der Waals surface area contributed by atoms with Crippen LogP contribution in [0.1, 0.15) is 27.8 Å². The summed E-state index contributed by atoms with van der Waals surface area (Å²) in [7, 11) is 0. The van der Waals surface area contributed by atoms with E-state index in [0.29, 0.717) is 0 Å². The molecule has 1 aromatic heterocycles. The van der Waals surface area contributed by atoms with E-state index in [1.165, 1.54) is 81.4 Å². The lowest BCUT2D eigenvalue weighted by Crippen LogP contribution is -1.90. The van der Waals surface area contributed by atoms with Crippen LogP contribution in [-0.2, 0) is 6.42 Å². The van der Waals surface area contributed by atoms with E-state index in [9.17, 15) is 0 Å². The van der Waals surface area contributed by atoms with Crippen LogP contribution in [0, 0.1) is 20.8 Å². The van der Waals surface area contributed by atoms with Gasteiger partial charge in [0.05, 0.1) is 0 Å². The molecular weight excluding hydrogens is 440 g/mol. The largest absolute Gasteiger partial charge is 0.134 e. The molecule has 0 unspecified atom stereocenters. The van der Waals surface area contributed by atoms with Gasteiger partial charge in [-0.25, -0.2) is 0 Å². The minimum Gasteiger partial charge on any atom is -0.134 e. The number of thiophene rings is 1. The SMILES string of the molecule is Cc1cc(C)c(-c2cccc3c2sc2c(-c4ccc5c(c4)-c4ccccc4C5)cccc23)c(C)c1. The molecule has 1 heteroatoms. The third kappa shape index (κ3) is 3.12. The normalized spacial score (nSPS) is 12.3. The van der Waals surface area contributed by atoms with Gasteiger partial charge in [0.1, 0.15) is 0 Å². The van der Waals surface area contributed by atoms with Crippen molar-refractivity contribution in [2.75, 3.05) is 0 Å². The Morgan fingerprint density at radius 2 is 1.17 bits per heavy atom. The highest BCUT2D eigenvalue weighted by atomic mass is 32.1. The molecule has 168 valence electrons. The van der Waals surface area contributed by atoms with E-state index in [4.69, 9.17) is 0 Å². The van der Waals surface area contributed by atoms with Gasteiger partial charge < -0.3 is 0 Å². The minimum absolute atomic E-state index is 1.04. The van der Waals surface area contributed by atoms with Gasteiger partial charge in [-0.2, -0.15) is 0 Å². The monoisotopic (exact) mass is 466 g/mol. The lowest BCUT2D eigenvalue weighted by Gasteiger charge is -2.12. The zero-order valence-electron chi connectivity index (χ0n) is 20.3. The molecule has 6 aromatic rings. The van der Waals surface area contributed by atoms with Crippen molar-refractivity contribution in [2.24, 2.45) is 0 Å². The van der Waals surface area contributed by atoms with Crippen molar-refractivity contribution in [3.8, 4) is 33.4 Å². The van der Waals surface area contributed by atoms with Crippen molar-refractivity contribution >= 4 is 31.5 Å². The number of fused-ring (bicyclic) bond motifs is 6. The number of hydrogen-bond donors (Lipinski definition) is 0. The second-order valence-electron chi connectivity index (χ2n) is 9.95. The van der Waals surface area contributed by atoms with Gasteiger partial charge in [-0.3, -0.25) is 0 Å². The summed E-state index contributed by atoms with van der Waals surface area (Å²) in [6.45, 7) is 6.68. The van der Waals surface area contributed by atoms with Crippen LogP contribution >= 0.6 is 11.3 Å². The van der Waals surface area contributed by atoms with Crippen LogP contribution in [0.15, 0.2) is 91.0 Å². The Balaban J connectivity index is 1.46. The van der Waals surface area contributed by atoms with E-state index < -0.39 is 0 Å². The fourth-order valence-corrected chi connectivity index (χ4v) is 7.50. The molecule has 0 atom stereocenters. The Labute approximate surface area is 210 Å². The highest BCUT2D eigenvalue weighted by molar-refractivity contribution is 7.26. The molecule has 0 spiro atoms. The first kappa shape index (κ1) is 20.7. The Hall–Kier alpha value is -3.68. The molecule has 0 bridgehead atoms. The minimum atomic E-state index is 1.04. The molecule has 1 aliphatic rings. The standard InChI is InChI=1S/C34H26S/c1-20-16-21(2)32(22(3)17-20)30-13-7-12-29-28-11-6-10-27(33(28)35-34(29)30)25-15-14-24-18-23-8-4-5-9-26(23)31(24)19-25/h4-17,19H,18H2,1-3H3. The highest BCUT2D eigenvalue weighted by Crippen LogP contribution is 2.46. The van der Waals surface area contributed by atoms with Crippen molar-refractivity contribution in [3.05, 3.63) is 119 Å². The topological polar surface area (TPSA) is 0 Å². The van der Waals surface area contributed by atoms with Gasteiger partial charge in [0, 0.05) is 25.7 Å². The van der Waals surface area contributed by atoms with Crippen molar-refractivity contribution in [2.45, 2.75) is 27.2 Å². The van der Waals surface area contributed by atoms with Gasteiger partial charge in [-0.1, -0.05) is 90.5 Å². The molecule has 35 heavy (non-hydrogen) atoms. The van der Waals surface area contributed by atoms with Gasteiger partial charge in [-0.15, -0.1) is 11.3 Å². The third-order valence-corrected chi connectivity index (χ3v) is 8.87. The quantitative estimate of drug-likeness (QED) is 0.238. The zero-order chi connectivity index (χ0) is 23.7. The molecule has 0 amide bonds. The van der Waals surface area contributed by atoms with E-state index in [1.807, 2.05) is 11.3 Å². The molecule has 0 saturated heterocycles. The molecular formula is C34H26S. The fourth-order valence-electron chi connectivity index (χ4n) is 6.14. The lowest BCUT2D eigenvalue weighted by molar-refractivity contribution is 1.26. The maximum Gasteiger partial charge on any atom is 0.0434 e. The van der Waals surface area contributed by atoms with E-state index in [1.54, 1.807) is 0 Å². The van der Waals surface area contributed by atoms with Crippen LogP contribution in [0.3, 0.4) is 0 Å². The van der Waals surface area contributed by atoms with Crippen LogP contribution in [0.5, 0.6) is 0 Å². The molecule has 0 radical (unpaired) electrons. The summed E-state index contributed by atoms with van der Waals surface area (Å²) < 4.78 is 2.76. The Morgan fingerprint density at radius 1 is 0.543 bits per heavy atom. The maximum absolute atomic E-state index is 2.41. The summed E-state index contributed by atoms with van der Waals surface area (Å²) in [5.41, 5.74) is 15.1. The summed E-state index contributed by atoms with van der Waals surface area (Å²) in [4.78, 5) is 0. The van der Waals surface area contributed by atoms with Crippen LogP contribution < -0.4 is 0 Å². The second kappa shape index (κ2) is 7.66. The van der Waals surface area contributed by atoms with Crippen LogP contribution in [-0.4, -0.2) is 0 Å². The molecule has 1 heterocycles. The number of rotatable bonds is 2. The zero-order valence-corrected chi connectivity index (χ0v) is 21.1. The number of hydrogen-bond acceptors (Lipinski definition) is 1. The maximum atomic E-state index is 2.41. The number of aryl methyl sites for hydroxylation is 3. The summed E-state index contributed by atoms with van der Waals surface area (Å²) in [6, 6.07) is 34.1. The van der Waals surface area contributed by atoms with Crippen molar-refractivity contribution in [1.82, 2.24) is 0 Å². The predicted octanol–water partition coefficient (Wildman–Crippen LogP) is 9.88. The third-order valence-electron chi connectivity index (χ3n) is 7.58. The highest BCUT2D eigenvalue weighted by Gasteiger charge is 2.20. The van der Waals surface area contributed by atoms with E-state index in [2.05, 4.69) is 112 Å². The fraction of sp³-hybridized carbons (Fsp3) is 0.118. The van der Waals surface area contributed by atoms with Crippen LogP contribution in [0.4, 0.5) is 0 Å². The van der Waals surface area contributed by atoms with E-state index >= 15 is 0 Å². The Kier molecular flexibility index (Phi) is 4.53. The summed E-state index contributed by atoms with van der Waals surface area (Å²) in [6.07, 6.45) is 1.04. The van der Waals surface area contributed by atoms with Gasteiger partial charge in [0.15, 0.2) is 0 Å². The average molecular weight is 467 g/mol. The molecule has 7 rings (SSSR count). The van der Waals surface area contributed by atoms with E-state index in [0.717, 1.165) is 6.42 Å². The first-order valence-corrected chi connectivity index (χ1v) is 13.1. The van der Waals surface area contributed by atoms with Crippen molar-refractivity contribution < 1.29 is 0 Å². The smallest absolute Gasteiger partial charge is 0.0434 e. The molecule has 1 aliphatic carbocycles. The molecule has 0 saturated carbocycles. The Bertz CT molecular complexity index is 1770. The first-order chi connectivity index (χ1) is 17.1. The lowest BCUT2D eigenvalue weighted by atomic mass is 9.92. The molecule has 5 aromatic carbocycles. The van der Waals surface area contributed by atoms with Gasteiger partial charge >= 0.3 is 0 Å². The van der Waals surface area contributed by atoms with Gasteiger partial charge in [-0.05, 0) is 83.3 Å². The molecule has 0 N–H and O–H groups in total. The number of benzene rings is 5. The van der Waals surface area contributed by atoms with Gasteiger partial charge in [0.25, 0.3) is 0 Å². The summed E-state index contributed by atoms with van der Waals surface area (Å²) >= 11 is 1.95. The first-order valence-electron chi connectivity index (χ1n) is 12.3. The Morgan fingerprint density at radius 3 is 1.94 bits per heavy atom. The summed E-state index contributed by atoms with van der Waals surface area (Å²) in [5, 5.41) is 2.71. The predicted molar refractivity (Wildman–Crippen MR) is 153 cm³/mol.